The van der Waals surface area contributed by atoms with Gasteiger partial charge in [0.15, 0.2) is 0 Å². The van der Waals surface area contributed by atoms with Crippen molar-refractivity contribution in [2.45, 2.75) is 0 Å². The Balaban J connectivity index is 2.39. The number of alkyl halides is 1. The summed E-state index contributed by atoms with van der Waals surface area (Å²) in [5, 5.41) is 0.851. The maximum Gasteiger partial charge on any atom is 0.127 e. The Kier molecular flexibility index (Phi) is 2.77. The third kappa shape index (κ3) is 1.77. The van der Waals surface area contributed by atoms with Crippen molar-refractivity contribution in [2.24, 2.45) is 0 Å². The number of methoxy groups -OCH3 is 1. The zero-order valence-corrected chi connectivity index (χ0v) is 9.50. The molecule has 0 aliphatic carbocycles. The lowest BCUT2D eigenvalue weighted by molar-refractivity contribution is 0.346. The van der Waals surface area contributed by atoms with Crippen LogP contribution < -0.4 is 9.47 Å². The minimum absolute atomic E-state index is 0.671. The lowest BCUT2D eigenvalue weighted by Crippen LogP contribution is -2.07. The Hall–Kier alpha value is -0.960. The van der Waals surface area contributed by atoms with Gasteiger partial charge in [0.1, 0.15) is 18.1 Å². The Labute approximate surface area is 91.7 Å². The molecular weight excluding hydrogens is 244 g/mol. The molecule has 0 amide bonds. The van der Waals surface area contributed by atoms with Gasteiger partial charge in [-0.05, 0) is 29.8 Å². The third-order valence-corrected chi connectivity index (χ3v) is 2.88. The summed E-state index contributed by atoms with van der Waals surface area (Å²) in [4.78, 5) is 0. The minimum Gasteiger partial charge on any atom is -0.497 e. The van der Waals surface area contributed by atoms with Crippen LogP contribution in [0.4, 0.5) is 0 Å². The molecule has 3 heteroatoms. The molecule has 0 radical (unpaired) electrons. The molecule has 0 N–H and O–H groups in total. The highest BCUT2D eigenvalue weighted by atomic mass is 79.9. The molecule has 0 atom stereocenters. The first-order chi connectivity index (χ1) is 6.83. The molecule has 2 rings (SSSR count). The predicted octanol–water partition coefficient (Wildman–Crippen LogP) is 2.87. The van der Waals surface area contributed by atoms with E-state index in [2.05, 4.69) is 22.0 Å². The summed E-state index contributed by atoms with van der Waals surface area (Å²) >= 11 is 3.42. The minimum atomic E-state index is 0.671. The lowest BCUT2D eigenvalue weighted by atomic mass is 10.1. The number of hydrogen-bond acceptors (Lipinski definition) is 2. The summed E-state index contributed by atoms with van der Waals surface area (Å²) < 4.78 is 10.7. The van der Waals surface area contributed by atoms with Gasteiger partial charge in [-0.1, -0.05) is 15.9 Å². The van der Waals surface area contributed by atoms with Crippen LogP contribution in [-0.4, -0.2) is 19.0 Å². The van der Waals surface area contributed by atoms with E-state index in [0.717, 1.165) is 22.4 Å². The molecule has 0 spiro atoms. The standard InChI is InChI=1S/C11H11BrO2/c1-13-10-2-3-11-9(5-10)4-8(6-12)7-14-11/h2-5H,6-7H2,1H3. The number of fused-ring (bicyclic) bond motifs is 1. The maximum absolute atomic E-state index is 5.57. The van der Waals surface area contributed by atoms with Gasteiger partial charge in [-0.15, -0.1) is 0 Å². The van der Waals surface area contributed by atoms with Crippen LogP contribution in [0.2, 0.25) is 0 Å². The van der Waals surface area contributed by atoms with Crippen molar-refractivity contribution < 1.29 is 9.47 Å². The molecule has 1 heterocycles. The summed E-state index contributed by atoms with van der Waals surface area (Å²) in [5.41, 5.74) is 2.33. The largest absolute Gasteiger partial charge is 0.497 e. The van der Waals surface area contributed by atoms with E-state index in [-0.39, 0.29) is 0 Å². The predicted molar refractivity (Wildman–Crippen MR) is 60.3 cm³/mol. The van der Waals surface area contributed by atoms with Crippen molar-refractivity contribution in [1.29, 1.82) is 0 Å². The highest BCUT2D eigenvalue weighted by Gasteiger charge is 2.10. The average molecular weight is 255 g/mol. The monoisotopic (exact) mass is 254 g/mol. The molecule has 1 aliphatic heterocycles. The summed E-state index contributed by atoms with van der Waals surface area (Å²) in [5.74, 6) is 1.79. The Morgan fingerprint density at radius 2 is 2.36 bits per heavy atom. The van der Waals surface area contributed by atoms with Crippen molar-refractivity contribution in [1.82, 2.24) is 0 Å². The van der Waals surface area contributed by atoms with Crippen LogP contribution in [0, 0.1) is 0 Å². The molecule has 0 aromatic heterocycles. The van der Waals surface area contributed by atoms with Crippen LogP contribution in [0.3, 0.4) is 0 Å². The number of halogens is 1. The van der Waals surface area contributed by atoms with Crippen molar-refractivity contribution in [3.8, 4) is 11.5 Å². The molecule has 1 aromatic rings. The first-order valence-electron chi connectivity index (χ1n) is 4.39. The topological polar surface area (TPSA) is 18.5 Å². The van der Waals surface area contributed by atoms with Crippen LogP contribution in [0.15, 0.2) is 23.8 Å². The second-order valence-electron chi connectivity index (χ2n) is 3.13. The molecule has 14 heavy (non-hydrogen) atoms. The normalized spacial score (nSPS) is 14.0. The molecular formula is C11H11BrO2. The summed E-state index contributed by atoms with van der Waals surface area (Å²) in [7, 11) is 1.67. The van der Waals surface area contributed by atoms with Crippen LogP contribution in [0.25, 0.3) is 6.08 Å². The van der Waals surface area contributed by atoms with Gasteiger partial charge in [-0.2, -0.15) is 0 Å². The van der Waals surface area contributed by atoms with Crippen LogP contribution in [0.5, 0.6) is 11.5 Å². The molecule has 0 saturated heterocycles. The smallest absolute Gasteiger partial charge is 0.127 e. The van der Waals surface area contributed by atoms with E-state index in [1.165, 1.54) is 5.57 Å². The van der Waals surface area contributed by atoms with Crippen molar-refractivity contribution >= 4 is 22.0 Å². The number of rotatable bonds is 2. The van der Waals surface area contributed by atoms with Crippen LogP contribution in [0.1, 0.15) is 5.56 Å². The zero-order valence-electron chi connectivity index (χ0n) is 7.92. The van der Waals surface area contributed by atoms with E-state index >= 15 is 0 Å². The molecule has 0 unspecified atom stereocenters. The Morgan fingerprint density at radius 3 is 3.07 bits per heavy atom. The molecule has 0 saturated carbocycles. The fraction of sp³-hybridized carbons (Fsp3) is 0.273. The number of hydrogen-bond donors (Lipinski definition) is 0. The fourth-order valence-corrected chi connectivity index (χ4v) is 1.73. The Bertz CT molecular complexity index is 372. The highest BCUT2D eigenvalue weighted by Crippen LogP contribution is 2.30. The first-order valence-corrected chi connectivity index (χ1v) is 5.52. The van der Waals surface area contributed by atoms with Gasteiger partial charge < -0.3 is 9.47 Å². The van der Waals surface area contributed by atoms with E-state index < -0.39 is 0 Å². The van der Waals surface area contributed by atoms with Gasteiger partial charge in [-0.25, -0.2) is 0 Å². The molecule has 1 aliphatic rings. The molecule has 1 aromatic carbocycles. The van der Waals surface area contributed by atoms with Gasteiger partial charge in [0.2, 0.25) is 0 Å². The van der Waals surface area contributed by atoms with Crippen molar-refractivity contribution in [3.05, 3.63) is 29.3 Å². The van der Waals surface area contributed by atoms with Crippen LogP contribution >= 0.6 is 15.9 Å². The molecule has 2 nitrogen and oxygen atoms in total. The van der Waals surface area contributed by atoms with E-state index in [1.807, 2.05) is 18.2 Å². The van der Waals surface area contributed by atoms with Gasteiger partial charge in [0.05, 0.1) is 7.11 Å². The van der Waals surface area contributed by atoms with E-state index in [4.69, 9.17) is 9.47 Å². The second kappa shape index (κ2) is 4.05. The Morgan fingerprint density at radius 1 is 1.50 bits per heavy atom. The van der Waals surface area contributed by atoms with Crippen LogP contribution in [-0.2, 0) is 0 Å². The number of benzene rings is 1. The highest BCUT2D eigenvalue weighted by molar-refractivity contribution is 9.09. The SMILES string of the molecule is COc1ccc2c(c1)C=C(CBr)CO2. The van der Waals surface area contributed by atoms with Gasteiger partial charge in [-0.3, -0.25) is 0 Å². The quantitative estimate of drug-likeness (QED) is 0.756. The van der Waals surface area contributed by atoms with Gasteiger partial charge in [0, 0.05) is 10.9 Å². The summed E-state index contributed by atoms with van der Waals surface area (Å²) in [6.45, 7) is 0.671. The molecule has 0 fully saturated rings. The lowest BCUT2D eigenvalue weighted by Gasteiger charge is -2.17. The summed E-state index contributed by atoms with van der Waals surface area (Å²) in [6, 6.07) is 5.83. The van der Waals surface area contributed by atoms with E-state index in [9.17, 15) is 0 Å². The molecule has 74 valence electrons. The fourth-order valence-electron chi connectivity index (χ4n) is 1.41. The third-order valence-electron chi connectivity index (χ3n) is 2.16. The average Bonchev–Trinajstić information content (AvgIpc) is 2.27. The zero-order chi connectivity index (χ0) is 9.97. The van der Waals surface area contributed by atoms with Crippen molar-refractivity contribution in [2.75, 3.05) is 19.0 Å². The summed E-state index contributed by atoms with van der Waals surface area (Å²) in [6.07, 6.45) is 2.14. The maximum atomic E-state index is 5.57. The van der Waals surface area contributed by atoms with E-state index in [0.29, 0.717) is 6.61 Å². The number of ether oxygens (including phenoxy) is 2. The molecule has 0 bridgehead atoms. The van der Waals surface area contributed by atoms with Crippen molar-refractivity contribution in [3.63, 3.8) is 0 Å². The second-order valence-corrected chi connectivity index (χ2v) is 3.69. The van der Waals surface area contributed by atoms with Gasteiger partial charge >= 0.3 is 0 Å². The van der Waals surface area contributed by atoms with E-state index in [1.54, 1.807) is 7.11 Å². The first kappa shape index (κ1) is 9.59. The van der Waals surface area contributed by atoms with Gasteiger partial charge in [0.25, 0.3) is 0 Å².